The van der Waals surface area contributed by atoms with E-state index in [4.69, 9.17) is 10.5 Å². The minimum atomic E-state index is -0.571. The molecule has 5 heteroatoms. The third-order valence-electron chi connectivity index (χ3n) is 2.81. The molecule has 0 spiro atoms. The molecular formula is C17H19BrN2O2. The van der Waals surface area contributed by atoms with Gasteiger partial charge < -0.3 is 10.5 Å². The summed E-state index contributed by atoms with van der Waals surface area (Å²) in [5, 5.41) is 0. The predicted octanol–water partition coefficient (Wildman–Crippen LogP) is 5.10. The number of nitrogens with two attached hydrogens (primary N) is 1. The number of halogens is 1. The summed E-state index contributed by atoms with van der Waals surface area (Å²) in [7, 11) is 0. The van der Waals surface area contributed by atoms with Crippen molar-refractivity contribution in [3.8, 4) is 0 Å². The second-order valence-corrected chi connectivity index (χ2v) is 6.80. The fourth-order valence-electron chi connectivity index (χ4n) is 1.88. The van der Waals surface area contributed by atoms with Crippen molar-refractivity contribution in [2.75, 3.05) is 10.6 Å². The number of amides is 1. The lowest BCUT2D eigenvalue weighted by Gasteiger charge is -2.27. The molecule has 4 nitrogen and oxygen atoms in total. The molecule has 0 radical (unpaired) electrons. The molecule has 22 heavy (non-hydrogen) atoms. The molecule has 116 valence electrons. The highest BCUT2D eigenvalue weighted by Crippen LogP contribution is 2.29. The molecule has 2 aromatic carbocycles. The average molecular weight is 363 g/mol. The standard InChI is InChI=1S/C17H19BrN2O2/c1-17(2,3)22-16(21)20(14-8-4-12(18)5-9-14)15-10-6-13(19)7-11-15/h4-11H,19H2,1-3H3. The number of anilines is 3. The second kappa shape index (κ2) is 6.40. The van der Waals surface area contributed by atoms with Crippen molar-refractivity contribution in [2.45, 2.75) is 26.4 Å². The summed E-state index contributed by atoms with van der Waals surface area (Å²) in [4.78, 5) is 14.1. The van der Waals surface area contributed by atoms with E-state index in [2.05, 4.69) is 15.9 Å². The summed E-state index contributed by atoms with van der Waals surface area (Å²) in [6.07, 6.45) is -0.431. The summed E-state index contributed by atoms with van der Waals surface area (Å²) >= 11 is 3.39. The fourth-order valence-corrected chi connectivity index (χ4v) is 2.15. The van der Waals surface area contributed by atoms with Gasteiger partial charge in [0, 0.05) is 10.2 Å². The van der Waals surface area contributed by atoms with Gasteiger partial charge in [-0.3, -0.25) is 0 Å². The predicted molar refractivity (Wildman–Crippen MR) is 93.4 cm³/mol. The van der Waals surface area contributed by atoms with Crippen molar-refractivity contribution in [2.24, 2.45) is 0 Å². The Labute approximate surface area is 139 Å². The average Bonchev–Trinajstić information content (AvgIpc) is 2.41. The van der Waals surface area contributed by atoms with E-state index < -0.39 is 11.7 Å². The maximum absolute atomic E-state index is 12.6. The van der Waals surface area contributed by atoms with Crippen LogP contribution < -0.4 is 10.6 Å². The molecule has 0 saturated carbocycles. The summed E-state index contributed by atoms with van der Waals surface area (Å²) in [5.41, 5.74) is 7.22. The van der Waals surface area contributed by atoms with Crippen molar-refractivity contribution in [3.05, 3.63) is 53.0 Å². The third kappa shape index (κ3) is 4.24. The molecule has 2 N–H and O–H groups in total. The van der Waals surface area contributed by atoms with Crippen LogP contribution in [0.25, 0.3) is 0 Å². The smallest absolute Gasteiger partial charge is 0.419 e. The van der Waals surface area contributed by atoms with Gasteiger partial charge in [0.05, 0.1) is 11.4 Å². The monoisotopic (exact) mass is 362 g/mol. The van der Waals surface area contributed by atoms with E-state index in [9.17, 15) is 4.79 Å². The van der Waals surface area contributed by atoms with Crippen LogP contribution in [0.2, 0.25) is 0 Å². The van der Waals surface area contributed by atoms with E-state index in [0.29, 0.717) is 11.4 Å². The molecular weight excluding hydrogens is 344 g/mol. The van der Waals surface area contributed by atoms with Crippen LogP contribution in [-0.2, 0) is 4.74 Å². The van der Waals surface area contributed by atoms with Gasteiger partial charge >= 0.3 is 6.09 Å². The lowest BCUT2D eigenvalue weighted by atomic mass is 10.2. The maximum atomic E-state index is 12.6. The van der Waals surface area contributed by atoms with Gasteiger partial charge in [-0.2, -0.15) is 0 Å². The summed E-state index contributed by atoms with van der Waals surface area (Å²) in [6.45, 7) is 5.52. The number of benzene rings is 2. The maximum Gasteiger partial charge on any atom is 0.419 e. The third-order valence-corrected chi connectivity index (χ3v) is 3.34. The zero-order valence-corrected chi connectivity index (χ0v) is 14.4. The molecule has 0 bridgehead atoms. The van der Waals surface area contributed by atoms with E-state index in [1.54, 1.807) is 24.3 Å². The normalized spacial score (nSPS) is 11.1. The first-order chi connectivity index (χ1) is 10.3. The van der Waals surface area contributed by atoms with Gasteiger partial charge in [-0.1, -0.05) is 15.9 Å². The molecule has 0 aliphatic rings. The molecule has 0 fully saturated rings. The Balaban J connectivity index is 2.42. The van der Waals surface area contributed by atoms with Crippen molar-refractivity contribution < 1.29 is 9.53 Å². The van der Waals surface area contributed by atoms with E-state index in [1.165, 1.54) is 4.90 Å². The van der Waals surface area contributed by atoms with Gasteiger partial charge in [-0.15, -0.1) is 0 Å². The molecule has 0 aromatic heterocycles. The first kappa shape index (κ1) is 16.4. The molecule has 0 atom stereocenters. The molecule has 0 unspecified atom stereocenters. The summed E-state index contributed by atoms with van der Waals surface area (Å²) in [5.74, 6) is 0. The number of nitrogen functional groups attached to an aromatic ring is 1. The van der Waals surface area contributed by atoms with Crippen molar-refractivity contribution in [3.63, 3.8) is 0 Å². The Morgan fingerprint density at radius 3 is 1.91 bits per heavy atom. The molecule has 0 aliphatic heterocycles. The quantitative estimate of drug-likeness (QED) is 0.755. The van der Waals surface area contributed by atoms with Crippen LogP contribution in [0.5, 0.6) is 0 Å². The SMILES string of the molecule is CC(C)(C)OC(=O)N(c1ccc(N)cc1)c1ccc(Br)cc1. The van der Waals surface area contributed by atoms with Gasteiger partial charge in [-0.05, 0) is 69.3 Å². The number of ether oxygens (including phenoxy) is 1. The second-order valence-electron chi connectivity index (χ2n) is 5.88. The largest absolute Gasteiger partial charge is 0.443 e. The van der Waals surface area contributed by atoms with Gasteiger partial charge in [-0.25, -0.2) is 9.69 Å². The Kier molecular flexibility index (Phi) is 4.76. The molecule has 0 aliphatic carbocycles. The zero-order valence-electron chi connectivity index (χ0n) is 12.8. The Bertz CT molecular complexity index is 600. The first-order valence-corrected chi connectivity index (χ1v) is 7.70. The van der Waals surface area contributed by atoms with Crippen molar-refractivity contribution in [1.29, 1.82) is 0 Å². The van der Waals surface area contributed by atoms with Crippen LogP contribution in [0.1, 0.15) is 20.8 Å². The number of nitrogens with zero attached hydrogens (tertiary/aromatic N) is 1. The van der Waals surface area contributed by atoms with Crippen LogP contribution in [-0.4, -0.2) is 11.7 Å². The Hall–Kier alpha value is -2.01. The minimum Gasteiger partial charge on any atom is -0.443 e. The lowest BCUT2D eigenvalue weighted by Crippen LogP contribution is -2.33. The van der Waals surface area contributed by atoms with Crippen LogP contribution in [0.3, 0.4) is 0 Å². The number of carbonyl (C=O) groups excluding carboxylic acids is 1. The lowest BCUT2D eigenvalue weighted by molar-refractivity contribution is 0.0599. The zero-order chi connectivity index (χ0) is 16.3. The number of rotatable bonds is 2. The Morgan fingerprint density at radius 2 is 1.45 bits per heavy atom. The van der Waals surface area contributed by atoms with Crippen molar-refractivity contribution >= 4 is 39.1 Å². The van der Waals surface area contributed by atoms with E-state index in [1.807, 2.05) is 45.0 Å². The highest BCUT2D eigenvalue weighted by Gasteiger charge is 2.24. The highest BCUT2D eigenvalue weighted by atomic mass is 79.9. The van der Waals surface area contributed by atoms with E-state index in [-0.39, 0.29) is 0 Å². The first-order valence-electron chi connectivity index (χ1n) is 6.90. The minimum absolute atomic E-state index is 0.431. The topological polar surface area (TPSA) is 55.6 Å². The van der Waals surface area contributed by atoms with Gasteiger partial charge in [0.25, 0.3) is 0 Å². The number of hydrogen-bond acceptors (Lipinski definition) is 3. The van der Waals surface area contributed by atoms with Gasteiger partial charge in [0.15, 0.2) is 0 Å². The summed E-state index contributed by atoms with van der Waals surface area (Å²) < 4.78 is 6.46. The van der Waals surface area contributed by atoms with Gasteiger partial charge in [0.2, 0.25) is 0 Å². The van der Waals surface area contributed by atoms with Crippen LogP contribution in [0, 0.1) is 0 Å². The summed E-state index contributed by atoms with van der Waals surface area (Å²) in [6, 6.07) is 14.6. The van der Waals surface area contributed by atoms with Crippen LogP contribution >= 0.6 is 15.9 Å². The molecule has 0 heterocycles. The van der Waals surface area contributed by atoms with Crippen LogP contribution in [0.4, 0.5) is 21.9 Å². The van der Waals surface area contributed by atoms with E-state index in [0.717, 1.165) is 10.2 Å². The molecule has 0 saturated heterocycles. The van der Waals surface area contributed by atoms with Crippen molar-refractivity contribution in [1.82, 2.24) is 0 Å². The molecule has 2 aromatic rings. The molecule has 2 rings (SSSR count). The number of carbonyl (C=O) groups is 1. The Morgan fingerprint density at radius 1 is 1.00 bits per heavy atom. The fraction of sp³-hybridized carbons (Fsp3) is 0.235. The highest BCUT2D eigenvalue weighted by molar-refractivity contribution is 9.10. The number of hydrogen-bond donors (Lipinski definition) is 1. The molecule has 1 amide bonds. The van der Waals surface area contributed by atoms with Gasteiger partial charge in [0.1, 0.15) is 5.60 Å². The van der Waals surface area contributed by atoms with E-state index >= 15 is 0 Å². The van der Waals surface area contributed by atoms with Crippen LogP contribution in [0.15, 0.2) is 53.0 Å².